The summed E-state index contributed by atoms with van der Waals surface area (Å²) in [5.74, 6) is 0.0562. The van der Waals surface area contributed by atoms with Crippen molar-refractivity contribution >= 4 is 10.9 Å². The molecule has 34 heavy (non-hydrogen) atoms. The number of hydrogen-bond acceptors (Lipinski definition) is 2. The average Bonchev–Trinajstić information content (AvgIpc) is 3.53. The molecule has 3 aromatic rings. The molecular formula is C27H28F4N2O. The van der Waals surface area contributed by atoms with Crippen LogP contribution < -0.4 is 0 Å². The number of fused-ring (bicyclic) bond motifs is 4. The van der Waals surface area contributed by atoms with E-state index in [1.54, 1.807) is 23.0 Å². The molecule has 2 aromatic carbocycles. The van der Waals surface area contributed by atoms with Crippen LogP contribution in [0.15, 0.2) is 42.6 Å². The predicted octanol–water partition coefficient (Wildman–Crippen LogP) is 6.63. The van der Waals surface area contributed by atoms with Crippen molar-refractivity contribution in [2.24, 2.45) is 11.8 Å². The van der Waals surface area contributed by atoms with Crippen molar-refractivity contribution in [2.45, 2.75) is 75.0 Å². The summed E-state index contributed by atoms with van der Waals surface area (Å²) in [5.41, 5.74) is 1.11. The molecular weight excluding hydrogens is 444 g/mol. The summed E-state index contributed by atoms with van der Waals surface area (Å²) in [6.45, 7) is 0. The minimum absolute atomic E-state index is 0.195. The molecule has 2 saturated carbocycles. The monoisotopic (exact) mass is 472 g/mol. The highest BCUT2D eigenvalue weighted by molar-refractivity contribution is 5.82. The van der Waals surface area contributed by atoms with E-state index in [1.165, 1.54) is 17.7 Å². The van der Waals surface area contributed by atoms with Gasteiger partial charge in [0.2, 0.25) is 0 Å². The lowest BCUT2D eigenvalue weighted by molar-refractivity contribution is -0.279. The first-order valence-corrected chi connectivity index (χ1v) is 12.2. The van der Waals surface area contributed by atoms with Crippen LogP contribution in [-0.2, 0) is 11.8 Å². The third-order valence-electron chi connectivity index (χ3n) is 8.63. The van der Waals surface area contributed by atoms with Crippen LogP contribution in [-0.4, -0.2) is 26.7 Å². The lowest BCUT2D eigenvalue weighted by atomic mass is 9.56. The van der Waals surface area contributed by atoms with Gasteiger partial charge in [0.1, 0.15) is 5.82 Å². The molecule has 0 amide bonds. The number of alkyl halides is 3. The Morgan fingerprint density at radius 3 is 2.53 bits per heavy atom. The number of aryl methyl sites for hydroxylation is 1. The smallest absolute Gasteiger partial charge is 0.380 e. The van der Waals surface area contributed by atoms with Crippen LogP contribution in [0, 0.1) is 17.7 Å². The molecule has 0 aliphatic heterocycles. The summed E-state index contributed by atoms with van der Waals surface area (Å²) < 4.78 is 56.6. The van der Waals surface area contributed by atoms with E-state index < -0.39 is 11.8 Å². The van der Waals surface area contributed by atoms with Gasteiger partial charge in [0.25, 0.3) is 0 Å². The van der Waals surface area contributed by atoms with Crippen molar-refractivity contribution in [1.82, 2.24) is 9.78 Å². The number of aliphatic hydroxyl groups is 1. The zero-order valence-electron chi connectivity index (χ0n) is 18.9. The molecule has 2 fully saturated rings. The van der Waals surface area contributed by atoms with Gasteiger partial charge in [-0.15, -0.1) is 0 Å². The minimum Gasteiger partial charge on any atom is -0.380 e. The zero-order valence-corrected chi connectivity index (χ0v) is 18.9. The highest BCUT2D eigenvalue weighted by Crippen LogP contribution is 2.59. The quantitative estimate of drug-likeness (QED) is 0.435. The number of rotatable bonds is 3. The number of benzene rings is 2. The Labute approximate surface area is 195 Å². The van der Waals surface area contributed by atoms with Crippen molar-refractivity contribution in [2.75, 3.05) is 0 Å². The third kappa shape index (κ3) is 3.46. The normalized spacial score (nSPS) is 29.5. The van der Waals surface area contributed by atoms with E-state index in [1.807, 2.05) is 0 Å². The molecule has 1 aromatic heterocycles. The fourth-order valence-corrected chi connectivity index (χ4v) is 6.66. The van der Waals surface area contributed by atoms with Crippen LogP contribution in [0.25, 0.3) is 16.6 Å². The summed E-state index contributed by atoms with van der Waals surface area (Å²) in [7, 11) is 0. The van der Waals surface area contributed by atoms with E-state index in [0.29, 0.717) is 18.8 Å². The Morgan fingerprint density at radius 2 is 1.82 bits per heavy atom. The maximum atomic E-state index is 13.8. The fraction of sp³-hybridized carbons (Fsp3) is 0.519. The first-order valence-electron chi connectivity index (χ1n) is 12.2. The van der Waals surface area contributed by atoms with E-state index in [2.05, 4.69) is 17.2 Å². The maximum Gasteiger partial charge on any atom is 0.417 e. The molecule has 3 nitrogen and oxygen atoms in total. The van der Waals surface area contributed by atoms with Crippen LogP contribution >= 0.6 is 0 Å². The van der Waals surface area contributed by atoms with E-state index in [9.17, 15) is 22.7 Å². The first-order chi connectivity index (χ1) is 16.2. The molecule has 0 unspecified atom stereocenters. The molecule has 6 rings (SSSR count). The summed E-state index contributed by atoms with van der Waals surface area (Å²) in [4.78, 5) is 0. The molecule has 3 atom stereocenters. The van der Waals surface area contributed by atoms with Crippen molar-refractivity contribution in [3.05, 3.63) is 59.5 Å². The van der Waals surface area contributed by atoms with Crippen molar-refractivity contribution in [3.63, 3.8) is 0 Å². The number of halogens is 4. The topological polar surface area (TPSA) is 38.1 Å². The van der Waals surface area contributed by atoms with Gasteiger partial charge in [-0.25, -0.2) is 9.07 Å². The SMILES string of the molecule is O[C@]1(C(F)(F)F)CC[C@]2(CC3CC3)c3cc4cnn(-c5ccc(F)cc5)c4cc3CCC[C@@H]2C1. The average molecular weight is 473 g/mol. The van der Waals surface area contributed by atoms with Gasteiger partial charge in [-0.2, -0.15) is 18.3 Å². The third-order valence-corrected chi connectivity index (χ3v) is 8.63. The Kier molecular flexibility index (Phi) is 4.90. The van der Waals surface area contributed by atoms with Crippen LogP contribution in [0.2, 0.25) is 0 Å². The lowest BCUT2D eigenvalue weighted by Gasteiger charge is -2.51. The van der Waals surface area contributed by atoms with Crippen LogP contribution in [0.5, 0.6) is 0 Å². The van der Waals surface area contributed by atoms with E-state index in [4.69, 9.17) is 0 Å². The second-order valence-corrected chi connectivity index (χ2v) is 10.7. The summed E-state index contributed by atoms with van der Waals surface area (Å²) in [6, 6.07) is 10.5. The Balaban J connectivity index is 1.47. The van der Waals surface area contributed by atoms with Gasteiger partial charge < -0.3 is 5.11 Å². The van der Waals surface area contributed by atoms with Crippen LogP contribution in [0.4, 0.5) is 17.6 Å². The first kappa shape index (κ1) is 22.1. The molecule has 1 heterocycles. The Hall–Kier alpha value is -2.41. The fourth-order valence-electron chi connectivity index (χ4n) is 6.66. The van der Waals surface area contributed by atoms with Gasteiger partial charge in [0, 0.05) is 5.39 Å². The molecule has 3 aliphatic carbocycles. The number of nitrogens with zero attached hydrogens (tertiary/aromatic N) is 2. The molecule has 1 N–H and O–H groups in total. The van der Waals surface area contributed by atoms with Gasteiger partial charge in [-0.05, 0) is 110 Å². The summed E-state index contributed by atoms with van der Waals surface area (Å²) in [6.07, 6.45) is 2.55. The number of aromatic nitrogens is 2. The molecule has 0 spiro atoms. The second-order valence-electron chi connectivity index (χ2n) is 10.7. The minimum atomic E-state index is -4.60. The largest absolute Gasteiger partial charge is 0.417 e. The van der Waals surface area contributed by atoms with Gasteiger partial charge in [0.05, 0.1) is 17.4 Å². The summed E-state index contributed by atoms with van der Waals surface area (Å²) >= 11 is 0. The Morgan fingerprint density at radius 1 is 1.06 bits per heavy atom. The van der Waals surface area contributed by atoms with Gasteiger partial charge >= 0.3 is 6.18 Å². The molecule has 7 heteroatoms. The molecule has 0 bridgehead atoms. The molecule has 0 saturated heterocycles. The number of hydrogen-bond donors (Lipinski definition) is 1. The Bertz CT molecular complexity index is 1230. The van der Waals surface area contributed by atoms with Crippen LogP contribution in [0.3, 0.4) is 0 Å². The van der Waals surface area contributed by atoms with E-state index in [0.717, 1.165) is 54.3 Å². The van der Waals surface area contributed by atoms with E-state index >= 15 is 0 Å². The van der Waals surface area contributed by atoms with Crippen molar-refractivity contribution in [3.8, 4) is 5.69 Å². The van der Waals surface area contributed by atoms with Gasteiger partial charge in [-0.3, -0.25) is 0 Å². The van der Waals surface area contributed by atoms with Gasteiger partial charge in [0.15, 0.2) is 5.60 Å². The summed E-state index contributed by atoms with van der Waals surface area (Å²) in [5, 5.41) is 16.1. The highest BCUT2D eigenvalue weighted by Gasteiger charge is 2.61. The van der Waals surface area contributed by atoms with Crippen LogP contribution in [0.1, 0.15) is 62.5 Å². The van der Waals surface area contributed by atoms with Crippen molar-refractivity contribution in [1.29, 1.82) is 0 Å². The molecule has 3 aliphatic rings. The predicted molar refractivity (Wildman–Crippen MR) is 121 cm³/mol. The maximum absolute atomic E-state index is 13.8. The lowest BCUT2D eigenvalue weighted by Crippen LogP contribution is -2.55. The highest BCUT2D eigenvalue weighted by atomic mass is 19.4. The zero-order chi connectivity index (χ0) is 23.7. The van der Waals surface area contributed by atoms with E-state index in [-0.39, 0.29) is 30.0 Å². The van der Waals surface area contributed by atoms with Crippen molar-refractivity contribution < 1.29 is 22.7 Å². The molecule has 0 radical (unpaired) electrons. The molecule has 180 valence electrons. The standard InChI is InChI=1S/C27H28F4N2O/c28-21-6-8-22(9-7-21)33-24-13-18-2-1-3-20-15-26(34,27(29,30)31)11-10-25(20,14-17-4-5-17)23(18)12-19(24)16-32-33/h6-9,12-13,16-17,20,34H,1-5,10-11,14-15H2/t20-,25-,26-/m1/s1. The van der Waals surface area contributed by atoms with Gasteiger partial charge in [-0.1, -0.05) is 12.8 Å². The second kappa shape index (κ2) is 7.54.